The minimum absolute atomic E-state index is 0.362. The molecule has 0 aliphatic heterocycles. The molecule has 1 unspecified atom stereocenters. The van der Waals surface area contributed by atoms with Gasteiger partial charge in [-0.2, -0.15) is 0 Å². The third-order valence-electron chi connectivity index (χ3n) is 1.16. The largest absolute Gasteiger partial charge is 0.289 e. The molecule has 2 N–H and O–H groups in total. The lowest BCUT2D eigenvalue weighted by Crippen LogP contribution is -2.05. The molecule has 0 amide bonds. The van der Waals surface area contributed by atoms with Crippen molar-refractivity contribution < 1.29 is 8.76 Å². The van der Waals surface area contributed by atoms with Crippen LogP contribution < -0.4 is 4.72 Å². The fourth-order valence-corrected chi connectivity index (χ4v) is 1.14. The number of aryl methyl sites for hydroxylation is 2. The van der Waals surface area contributed by atoms with Gasteiger partial charge in [-0.15, -0.1) is 0 Å². The molecule has 66 valence electrons. The summed E-state index contributed by atoms with van der Waals surface area (Å²) in [6.45, 7) is 3.51. The number of anilines is 1. The van der Waals surface area contributed by atoms with E-state index in [1.54, 1.807) is 19.9 Å². The molecule has 0 radical (unpaired) electrons. The molecule has 1 aromatic heterocycles. The van der Waals surface area contributed by atoms with Crippen molar-refractivity contribution in [1.29, 1.82) is 0 Å². The van der Waals surface area contributed by atoms with Gasteiger partial charge in [0.05, 0.1) is 0 Å². The third kappa shape index (κ3) is 2.55. The molecular weight excluding hydrogens is 178 g/mol. The van der Waals surface area contributed by atoms with Gasteiger partial charge in [0.2, 0.25) is 0 Å². The first-order valence-electron chi connectivity index (χ1n) is 3.28. The van der Waals surface area contributed by atoms with Crippen molar-refractivity contribution in [3.8, 4) is 0 Å². The van der Waals surface area contributed by atoms with Crippen molar-refractivity contribution in [2.75, 3.05) is 4.72 Å². The van der Waals surface area contributed by atoms with Crippen LogP contribution in [-0.4, -0.2) is 18.7 Å². The number of nitrogens with one attached hydrogen (secondary N) is 1. The van der Waals surface area contributed by atoms with Crippen LogP contribution in [0.5, 0.6) is 0 Å². The topological polar surface area (TPSA) is 75.1 Å². The molecule has 1 rings (SSSR count). The maximum atomic E-state index is 10.3. The van der Waals surface area contributed by atoms with Crippen molar-refractivity contribution in [1.82, 2.24) is 9.97 Å². The minimum Gasteiger partial charge on any atom is -0.289 e. The van der Waals surface area contributed by atoms with Crippen LogP contribution >= 0.6 is 0 Å². The highest BCUT2D eigenvalue weighted by atomic mass is 32.2. The van der Waals surface area contributed by atoms with E-state index in [2.05, 4.69) is 14.7 Å². The summed E-state index contributed by atoms with van der Waals surface area (Å²) in [6.07, 6.45) is 0. The monoisotopic (exact) mass is 187 g/mol. The van der Waals surface area contributed by atoms with Gasteiger partial charge in [0.15, 0.2) is 0 Å². The van der Waals surface area contributed by atoms with Gasteiger partial charge in [-0.1, -0.05) is 0 Å². The van der Waals surface area contributed by atoms with E-state index in [-0.39, 0.29) is 0 Å². The molecule has 0 aliphatic carbocycles. The molecule has 1 aromatic rings. The lowest BCUT2D eigenvalue weighted by atomic mass is 10.4. The van der Waals surface area contributed by atoms with Crippen molar-refractivity contribution >= 4 is 17.1 Å². The van der Waals surface area contributed by atoms with Crippen molar-refractivity contribution in [3.05, 3.63) is 17.6 Å². The van der Waals surface area contributed by atoms with Gasteiger partial charge in [-0.05, 0) is 13.8 Å². The second-order valence-corrected chi connectivity index (χ2v) is 3.00. The van der Waals surface area contributed by atoms with E-state index in [1.807, 2.05) is 0 Å². The molecule has 0 fully saturated rings. The van der Waals surface area contributed by atoms with Gasteiger partial charge in [0, 0.05) is 11.8 Å². The van der Waals surface area contributed by atoms with E-state index < -0.39 is 11.3 Å². The van der Waals surface area contributed by atoms with E-state index in [0.717, 1.165) is 5.69 Å². The zero-order valence-electron chi connectivity index (χ0n) is 6.74. The molecule has 12 heavy (non-hydrogen) atoms. The van der Waals surface area contributed by atoms with E-state index in [0.29, 0.717) is 11.6 Å². The summed E-state index contributed by atoms with van der Waals surface area (Å²) in [7, 11) is 0. The first-order valence-corrected chi connectivity index (χ1v) is 4.38. The van der Waals surface area contributed by atoms with Crippen molar-refractivity contribution in [2.45, 2.75) is 13.8 Å². The first-order chi connectivity index (χ1) is 5.58. The lowest BCUT2D eigenvalue weighted by Gasteiger charge is -2.01. The third-order valence-corrected chi connectivity index (χ3v) is 1.54. The van der Waals surface area contributed by atoms with Crippen LogP contribution in [0.15, 0.2) is 6.07 Å². The van der Waals surface area contributed by atoms with Crippen LogP contribution in [0.2, 0.25) is 0 Å². The SMILES string of the molecule is Cc1cc(NS(=O)O)nc(C)n1. The number of nitrogens with zero attached hydrogens (tertiary/aromatic N) is 2. The predicted octanol–water partition coefficient (Wildman–Crippen LogP) is 0.642. The Kier molecular flexibility index (Phi) is 2.72. The van der Waals surface area contributed by atoms with Crippen LogP contribution in [0, 0.1) is 13.8 Å². The first kappa shape index (κ1) is 9.08. The summed E-state index contributed by atoms with van der Waals surface area (Å²) in [5.74, 6) is 0.934. The summed E-state index contributed by atoms with van der Waals surface area (Å²) < 4.78 is 21.1. The summed E-state index contributed by atoms with van der Waals surface area (Å²) in [4.78, 5) is 7.91. The van der Waals surface area contributed by atoms with Gasteiger partial charge >= 0.3 is 0 Å². The second-order valence-electron chi connectivity index (χ2n) is 2.29. The molecule has 0 bridgehead atoms. The molecule has 0 aromatic carbocycles. The molecule has 1 atom stereocenters. The van der Waals surface area contributed by atoms with Gasteiger partial charge in [0.1, 0.15) is 11.6 Å². The summed E-state index contributed by atoms with van der Waals surface area (Å²) >= 11 is -2.07. The molecule has 0 saturated heterocycles. The summed E-state index contributed by atoms with van der Waals surface area (Å²) in [5.41, 5.74) is 0.760. The van der Waals surface area contributed by atoms with Crippen LogP contribution in [-0.2, 0) is 11.3 Å². The van der Waals surface area contributed by atoms with E-state index >= 15 is 0 Å². The normalized spacial score (nSPS) is 12.6. The summed E-state index contributed by atoms with van der Waals surface area (Å²) in [6, 6.07) is 1.60. The van der Waals surface area contributed by atoms with Crippen LogP contribution in [0.1, 0.15) is 11.5 Å². The van der Waals surface area contributed by atoms with Gasteiger partial charge in [-0.3, -0.25) is 9.27 Å². The zero-order chi connectivity index (χ0) is 9.14. The van der Waals surface area contributed by atoms with Gasteiger partial charge in [0.25, 0.3) is 11.3 Å². The molecular formula is C6H9N3O2S. The van der Waals surface area contributed by atoms with E-state index in [1.165, 1.54) is 0 Å². The highest BCUT2D eigenvalue weighted by Gasteiger charge is 1.99. The molecule has 1 heterocycles. The maximum absolute atomic E-state index is 10.3. The average molecular weight is 187 g/mol. The van der Waals surface area contributed by atoms with Gasteiger partial charge in [-0.25, -0.2) is 14.2 Å². The highest BCUT2D eigenvalue weighted by Crippen LogP contribution is 2.05. The Morgan fingerprint density at radius 1 is 1.50 bits per heavy atom. The van der Waals surface area contributed by atoms with E-state index in [4.69, 9.17) is 4.55 Å². The van der Waals surface area contributed by atoms with Crippen molar-refractivity contribution in [3.63, 3.8) is 0 Å². The predicted molar refractivity (Wildman–Crippen MR) is 45.9 cm³/mol. The Hall–Kier alpha value is -1.01. The lowest BCUT2D eigenvalue weighted by molar-refractivity contribution is 0.570. The zero-order valence-corrected chi connectivity index (χ0v) is 7.55. The number of rotatable bonds is 2. The number of hydrogen-bond donors (Lipinski definition) is 2. The van der Waals surface area contributed by atoms with Crippen LogP contribution in [0.3, 0.4) is 0 Å². The fraction of sp³-hybridized carbons (Fsp3) is 0.333. The Morgan fingerprint density at radius 3 is 2.67 bits per heavy atom. The highest BCUT2D eigenvalue weighted by molar-refractivity contribution is 7.80. The molecule has 0 spiro atoms. The maximum Gasteiger partial charge on any atom is 0.260 e. The van der Waals surface area contributed by atoms with Gasteiger partial charge < -0.3 is 0 Å². The molecule has 0 saturated carbocycles. The Labute approximate surface area is 72.7 Å². The number of hydrogen-bond acceptors (Lipinski definition) is 3. The summed E-state index contributed by atoms with van der Waals surface area (Å²) in [5, 5.41) is 0. The number of aromatic nitrogens is 2. The standard InChI is InChI=1S/C6H9N3O2S/c1-4-3-6(9-12(10)11)8-5(2)7-4/h3H,1-2H3,(H,10,11)(H,7,8,9). The van der Waals surface area contributed by atoms with Crippen LogP contribution in [0.4, 0.5) is 5.82 Å². The molecule has 6 heteroatoms. The van der Waals surface area contributed by atoms with Crippen molar-refractivity contribution in [2.24, 2.45) is 0 Å². The Bertz CT molecular complexity index is 295. The fourth-order valence-electron chi connectivity index (χ4n) is 0.859. The minimum atomic E-state index is -2.07. The molecule has 0 aliphatic rings. The average Bonchev–Trinajstić information content (AvgIpc) is 1.81. The van der Waals surface area contributed by atoms with E-state index in [9.17, 15) is 4.21 Å². The quantitative estimate of drug-likeness (QED) is 0.666. The molecule has 5 nitrogen and oxygen atoms in total. The Balaban J connectivity index is 2.93. The second kappa shape index (κ2) is 3.59. The van der Waals surface area contributed by atoms with Crippen LogP contribution in [0.25, 0.3) is 0 Å². The Morgan fingerprint density at radius 2 is 2.17 bits per heavy atom. The smallest absolute Gasteiger partial charge is 0.260 e.